The lowest BCUT2D eigenvalue weighted by Gasteiger charge is -2.12. The highest BCUT2D eigenvalue weighted by molar-refractivity contribution is 5.95. The van der Waals surface area contributed by atoms with E-state index in [1.807, 2.05) is 61.5 Å². The number of carbonyl (C=O) groups is 1. The quantitative estimate of drug-likeness (QED) is 0.687. The van der Waals surface area contributed by atoms with Crippen LogP contribution in [0.1, 0.15) is 30.5 Å². The average Bonchev–Trinajstić information content (AvgIpc) is 3.02. The molecule has 0 radical (unpaired) electrons. The second-order valence-electron chi connectivity index (χ2n) is 6.36. The Kier molecular flexibility index (Phi) is 5.37. The molecule has 0 saturated carbocycles. The van der Waals surface area contributed by atoms with Crippen LogP contribution in [0.3, 0.4) is 0 Å². The van der Waals surface area contributed by atoms with Gasteiger partial charge < -0.3 is 10.1 Å². The van der Waals surface area contributed by atoms with Crippen LogP contribution in [0, 0.1) is 6.92 Å². The predicted octanol–water partition coefficient (Wildman–Crippen LogP) is 4.53. The fourth-order valence-corrected chi connectivity index (χ4v) is 2.99. The maximum Gasteiger partial charge on any atom is 0.226 e. The van der Waals surface area contributed by atoms with Crippen molar-refractivity contribution in [2.45, 2.75) is 26.2 Å². The minimum absolute atomic E-state index is 0.0531. The van der Waals surface area contributed by atoms with Crippen molar-refractivity contribution in [3.63, 3.8) is 0 Å². The number of hydrogen-bond donors (Lipinski definition) is 2. The van der Waals surface area contributed by atoms with E-state index in [9.17, 15) is 4.79 Å². The maximum atomic E-state index is 12.5. The van der Waals surface area contributed by atoms with Gasteiger partial charge in [0.2, 0.25) is 5.91 Å². The van der Waals surface area contributed by atoms with Gasteiger partial charge in [0.05, 0.1) is 7.11 Å². The number of hydrogen-bond acceptors (Lipinski definition) is 3. The number of aromatic amines is 1. The van der Waals surface area contributed by atoms with E-state index in [-0.39, 0.29) is 11.8 Å². The van der Waals surface area contributed by atoms with E-state index in [2.05, 4.69) is 22.4 Å². The third-order valence-corrected chi connectivity index (χ3v) is 4.44. The van der Waals surface area contributed by atoms with Crippen LogP contribution in [0.15, 0.2) is 54.6 Å². The van der Waals surface area contributed by atoms with E-state index < -0.39 is 0 Å². The van der Waals surface area contributed by atoms with Gasteiger partial charge in [0, 0.05) is 17.7 Å². The molecule has 5 heteroatoms. The number of anilines is 1. The molecule has 134 valence electrons. The number of amides is 1. The van der Waals surface area contributed by atoms with Crippen LogP contribution < -0.4 is 10.1 Å². The van der Waals surface area contributed by atoms with Crippen molar-refractivity contribution in [2.24, 2.45) is 0 Å². The topological polar surface area (TPSA) is 67.0 Å². The predicted molar refractivity (Wildman–Crippen MR) is 103 cm³/mol. The molecule has 1 unspecified atom stereocenters. The highest BCUT2D eigenvalue weighted by Crippen LogP contribution is 2.31. The Hall–Kier alpha value is -3.08. The van der Waals surface area contributed by atoms with Crippen LogP contribution in [0.4, 0.5) is 5.82 Å². The molecule has 2 aromatic carbocycles. The number of benzene rings is 2. The van der Waals surface area contributed by atoms with Gasteiger partial charge >= 0.3 is 0 Å². The summed E-state index contributed by atoms with van der Waals surface area (Å²) < 4.78 is 5.20. The van der Waals surface area contributed by atoms with Crippen molar-refractivity contribution in [3.05, 3.63) is 65.9 Å². The first-order valence-corrected chi connectivity index (χ1v) is 8.62. The van der Waals surface area contributed by atoms with E-state index in [0.29, 0.717) is 12.2 Å². The minimum Gasteiger partial charge on any atom is -0.497 e. The molecular weight excluding hydrogens is 326 g/mol. The van der Waals surface area contributed by atoms with Crippen LogP contribution in [-0.4, -0.2) is 23.2 Å². The molecular formula is C21H23N3O2. The molecule has 1 atom stereocenters. The summed E-state index contributed by atoms with van der Waals surface area (Å²) in [6, 6.07) is 17.7. The third kappa shape index (κ3) is 3.94. The second kappa shape index (κ2) is 7.87. The molecule has 26 heavy (non-hydrogen) atoms. The number of rotatable bonds is 6. The van der Waals surface area contributed by atoms with Crippen molar-refractivity contribution in [1.82, 2.24) is 10.2 Å². The number of H-pyrrole nitrogens is 1. The lowest BCUT2D eigenvalue weighted by molar-refractivity contribution is -0.116. The fraction of sp³-hybridized carbons (Fsp3) is 0.238. The minimum atomic E-state index is -0.0531. The Labute approximate surface area is 153 Å². The summed E-state index contributed by atoms with van der Waals surface area (Å²) in [5, 5.41) is 10.2. The van der Waals surface area contributed by atoms with Gasteiger partial charge in [0.1, 0.15) is 5.75 Å². The SMILES string of the molecule is COc1ccc(-c2c(NC(=O)CC(C)c3ccccc3)n[nH]c2C)cc1. The third-order valence-electron chi connectivity index (χ3n) is 4.44. The van der Waals surface area contributed by atoms with Crippen molar-refractivity contribution in [1.29, 1.82) is 0 Å². The van der Waals surface area contributed by atoms with Crippen molar-refractivity contribution in [2.75, 3.05) is 12.4 Å². The molecule has 0 spiro atoms. The van der Waals surface area contributed by atoms with Crippen LogP contribution >= 0.6 is 0 Å². The molecule has 1 aromatic heterocycles. The molecule has 0 saturated heterocycles. The molecule has 3 aromatic rings. The number of nitrogens with one attached hydrogen (secondary N) is 2. The van der Waals surface area contributed by atoms with Gasteiger partial charge in [-0.2, -0.15) is 5.10 Å². The summed E-state index contributed by atoms with van der Waals surface area (Å²) >= 11 is 0. The van der Waals surface area contributed by atoms with Crippen molar-refractivity contribution < 1.29 is 9.53 Å². The van der Waals surface area contributed by atoms with E-state index >= 15 is 0 Å². The van der Waals surface area contributed by atoms with E-state index in [1.54, 1.807) is 7.11 Å². The monoisotopic (exact) mass is 349 g/mol. The van der Waals surface area contributed by atoms with Crippen LogP contribution in [0.2, 0.25) is 0 Å². The molecule has 0 bridgehead atoms. The average molecular weight is 349 g/mol. The van der Waals surface area contributed by atoms with Crippen molar-refractivity contribution >= 4 is 11.7 Å². The highest BCUT2D eigenvalue weighted by Gasteiger charge is 2.17. The second-order valence-corrected chi connectivity index (χ2v) is 6.36. The fourth-order valence-electron chi connectivity index (χ4n) is 2.99. The number of nitrogens with zero attached hydrogens (tertiary/aromatic N) is 1. The zero-order valence-corrected chi connectivity index (χ0v) is 15.2. The molecule has 5 nitrogen and oxygen atoms in total. The Morgan fingerprint density at radius 1 is 1.15 bits per heavy atom. The number of ether oxygens (including phenoxy) is 1. The van der Waals surface area contributed by atoms with Gasteiger partial charge in [-0.1, -0.05) is 49.4 Å². The summed E-state index contributed by atoms with van der Waals surface area (Å²) in [7, 11) is 1.64. The van der Waals surface area contributed by atoms with E-state index in [4.69, 9.17) is 4.74 Å². The van der Waals surface area contributed by atoms with Crippen LogP contribution in [0.5, 0.6) is 5.75 Å². The Morgan fingerprint density at radius 2 is 1.85 bits per heavy atom. The Balaban J connectivity index is 1.75. The van der Waals surface area contributed by atoms with Gasteiger partial charge in [-0.15, -0.1) is 0 Å². The molecule has 0 fully saturated rings. The van der Waals surface area contributed by atoms with Gasteiger partial charge in [-0.3, -0.25) is 9.89 Å². The molecule has 3 rings (SSSR count). The first-order chi connectivity index (χ1) is 12.6. The number of methoxy groups -OCH3 is 1. The number of carbonyl (C=O) groups excluding carboxylic acids is 1. The van der Waals surface area contributed by atoms with Gasteiger partial charge in [0.15, 0.2) is 5.82 Å². The number of aromatic nitrogens is 2. The molecule has 0 aliphatic rings. The number of aryl methyl sites for hydroxylation is 1. The van der Waals surface area contributed by atoms with Gasteiger partial charge in [0.25, 0.3) is 0 Å². The zero-order valence-electron chi connectivity index (χ0n) is 15.2. The Bertz CT molecular complexity index is 870. The lowest BCUT2D eigenvalue weighted by Crippen LogP contribution is -2.15. The lowest BCUT2D eigenvalue weighted by atomic mass is 9.97. The summed E-state index contributed by atoms with van der Waals surface area (Å²) in [6.45, 7) is 3.99. The standard InChI is InChI=1S/C21H23N3O2/c1-14(16-7-5-4-6-8-16)13-19(25)22-21-20(15(2)23-24-21)17-9-11-18(26-3)12-10-17/h4-12,14H,13H2,1-3H3,(H2,22,23,24,25). The van der Waals surface area contributed by atoms with Crippen molar-refractivity contribution in [3.8, 4) is 16.9 Å². The largest absolute Gasteiger partial charge is 0.497 e. The molecule has 0 aliphatic carbocycles. The van der Waals surface area contributed by atoms with Crippen LogP contribution in [-0.2, 0) is 4.79 Å². The molecule has 1 amide bonds. The maximum absolute atomic E-state index is 12.5. The normalized spacial score (nSPS) is 11.8. The van der Waals surface area contributed by atoms with Crippen LogP contribution in [0.25, 0.3) is 11.1 Å². The summed E-state index contributed by atoms with van der Waals surface area (Å²) in [6.07, 6.45) is 0.401. The zero-order chi connectivity index (χ0) is 18.5. The Morgan fingerprint density at radius 3 is 2.50 bits per heavy atom. The first kappa shape index (κ1) is 17.7. The molecule has 1 heterocycles. The summed E-state index contributed by atoms with van der Waals surface area (Å²) in [5.41, 5.74) is 3.93. The van der Waals surface area contributed by atoms with Gasteiger partial charge in [-0.25, -0.2) is 0 Å². The van der Waals surface area contributed by atoms with E-state index in [0.717, 1.165) is 28.1 Å². The first-order valence-electron chi connectivity index (χ1n) is 8.62. The van der Waals surface area contributed by atoms with E-state index in [1.165, 1.54) is 0 Å². The summed E-state index contributed by atoms with van der Waals surface area (Å²) in [5.74, 6) is 1.43. The van der Waals surface area contributed by atoms with Gasteiger partial charge in [-0.05, 0) is 36.1 Å². The molecule has 2 N–H and O–H groups in total. The molecule has 0 aliphatic heterocycles. The summed E-state index contributed by atoms with van der Waals surface area (Å²) in [4.78, 5) is 12.5. The highest BCUT2D eigenvalue weighted by atomic mass is 16.5. The smallest absolute Gasteiger partial charge is 0.226 e.